The standard InChI is InChI=1S/C18H19N3/c1-13-7-8-17(16(19)12-13)20-11-9-15-5-2-4-14-6-3-10-21-18(14)15/h2-8,10,12,20H,9,11,19H2,1H3. The Morgan fingerprint density at radius 1 is 1.10 bits per heavy atom. The van der Waals surface area contributed by atoms with E-state index in [-0.39, 0.29) is 0 Å². The van der Waals surface area contributed by atoms with E-state index >= 15 is 0 Å². The van der Waals surface area contributed by atoms with Gasteiger partial charge in [-0.15, -0.1) is 0 Å². The zero-order chi connectivity index (χ0) is 14.7. The highest BCUT2D eigenvalue weighted by Crippen LogP contribution is 2.20. The van der Waals surface area contributed by atoms with Gasteiger partial charge in [-0.05, 0) is 42.7 Å². The summed E-state index contributed by atoms with van der Waals surface area (Å²) in [5, 5.41) is 4.59. The van der Waals surface area contributed by atoms with Crippen LogP contribution in [-0.2, 0) is 6.42 Å². The van der Waals surface area contributed by atoms with Gasteiger partial charge in [-0.25, -0.2) is 0 Å². The molecule has 3 N–H and O–H groups in total. The van der Waals surface area contributed by atoms with Crippen LogP contribution >= 0.6 is 0 Å². The van der Waals surface area contributed by atoms with Crippen molar-refractivity contribution >= 4 is 22.3 Å². The molecule has 2 aromatic carbocycles. The van der Waals surface area contributed by atoms with E-state index in [4.69, 9.17) is 5.73 Å². The first-order valence-electron chi connectivity index (χ1n) is 7.16. The Bertz CT molecular complexity index is 760. The summed E-state index contributed by atoms with van der Waals surface area (Å²) in [5.74, 6) is 0. The number of para-hydroxylation sites is 1. The molecule has 0 spiro atoms. The highest BCUT2D eigenvalue weighted by Gasteiger charge is 2.03. The Kier molecular flexibility index (Phi) is 3.73. The maximum Gasteiger partial charge on any atom is 0.0734 e. The van der Waals surface area contributed by atoms with Gasteiger partial charge in [0.05, 0.1) is 16.9 Å². The minimum absolute atomic E-state index is 0.797. The van der Waals surface area contributed by atoms with E-state index in [1.807, 2.05) is 31.3 Å². The molecule has 0 unspecified atom stereocenters. The van der Waals surface area contributed by atoms with E-state index in [9.17, 15) is 0 Å². The summed E-state index contributed by atoms with van der Waals surface area (Å²) >= 11 is 0. The zero-order valence-corrected chi connectivity index (χ0v) is 12.1. The van der Waals surface area contributed by atoms with Crippen molar-refractivity contribution in [1.29, 1.82) is 0 Å². The van der Waals surface area contributed by atoms with E-state index in [0.29, 0.717) is 0 Å². The van der Waals surface area contributed by atoms with Crippen LogP contribution < -0.4 is 11.1 Å². The summed E-state index contributed by atoms with van der Waals surface area (Å²) in [7, 11) is 0. The third-order valence-corrected chi connectivity index (χ3v) is 3.63. The maximum absolute atomic E-state index is 6.02. The predicted octanol–water partition coefficient (Wildman–Crippen LogP) is 3.78. The van der Waals surface area contributed by atoms with E-state index in [0.717, 1.165) is 29.9 Å². The van der Waals surface area contributed by atoms with Gasteiger partial charge in [0.1, 0.15) is 0 Å². The quantitative estimate of drug-likeness (QED) is 0.713. The maximum atomic E-state index is 6.02. The Balaban J connectivity index is 1.72. The first kappa shape index (κ1) is 13.4. The number of aromatic nitrogens is 1. The normalized spacial score (nSPS) is 10.7. The number of benzene rings is 2. The van der Waals surface area contributed by atoms with Gasteiger partial charge in [-0.1, -0.05) is 30.3 Å². The van der Waals surface area contributed by atoms with Crippen molar-refractivity contribution in [3.63, 3.8) is 0 Å². The number of nitrogen functional groups attached to an aromatic ring is 1. The molecule has 0 bridgehead atoms. The fourth-order valence-electron chi connectivity index (χ4n) is 2.54. The summed E-state index contributed by atoms with van der Waals surface area (Å²) in [6.07, 6.45) is 2.76. The number of hydrogen-bond acceptors (Lipinski definition) is 3. The molecule has 3 rings (SSSR count). The molecule has 0 aliphatic carbocycles. The molecule has 1 aromatic heterocycles. The van der Waals surface area contributed by atoms with Crippen LogP contribution in [-0.4, -0.2) is 11.5 Å². The molecule has 0 radical (unpaired) electrons. The Morgan fingerprint density at radius 3 is 2.81 bits per heavy atom. The van der Waals surface area contributed by atoms with E-state index in [1.165, 1.54) is 16.5 Å². The van der Waals surface area contributed by atoms with Gasteiger partial charge < -0.3 is 11.1 Å². The second-order valence-electron chi connectivity index (χ2n) is 5.26. The highest BCUT2D eigenvalue weighted by molar-refractivity contribution is 5.81. The van der Waals surface area contributed by atoms with Gasteiger partial charge in [0.2, 0.25) is 0 Å². The van der Waals surface area contributed by atoms with E-state index in [2.05, 4.69) is 40.6 Å². The molecule has 21 heavy (non-hydrogen) atoms. The number of rotatable bonds is 4. The second-order valence-corrected chi connectivity index (χ2v) is 5.26. The molecule has 0 fully saturated rings. The first-order valence-corrected chi connectivity index (χ1v) is 7.16. The number of aryl methyl sites for hydroxylation is 1. The van der Waals surface area contributed by atoms with Crippen LogP contribution in [0.5, 0.6) is 0 Å². The Labute approximate surface area is 124 Å². The monoisotopic (exact) mass is 277 g/mol. The van der Waals surface area contributed by atoms with Crippen molar-refractivity contribution in [2.45, 2.75) is 13.3 Å². The number of pyridine rings is 1. The zero-order valence-electron chi connectivity index (χ0n) is 12.1. The van der Waals surface area contributed by atoms with Gasteiger partial charge >= 0.3 is 0 Å². The number of nitrogens with zero attached hydrogens (tertiary/aromatic N) is 1. The molecule has 0 atom stereocenters. The van der Waals surface area contributed by atoms with Gasteiger partial charge in [0.25, 0.3) is 0 Å². The summed E-state index contributed by atoms with van der Waals surface area (Å²) < 4.78 is 0. The SMILES string of the molecule is Cc1ccc(NCCc2cccc3cccnc23)c(N)c1. The van der Waals surface area contributed by atoms with Crippen molar-refractivity contribution in [2.75, 3.05) is 17.6 Å². The van der Waals surface area contributed by atoms with Crippen molar-refractivity contribution in [3.8, 4) is 0 Å². The van der Waals surface area contributed by atoms with Gasteiger partial charge in [0, 0.05) is 18.1 Å². The molecule has 1 heterocycles. The summed E-state index contributed by atoms with van der Waals surface area (Å²) in [6.45, 7) is 2.88. The van der Waals surface area contributed by atoms with Crippen molar-refractivity contribution in [3.05, 3.63) is 65.9 Å². The van der Waals surface area contributed by atoms with Crippen molar-refractivity contribution in [2.24, 2.45) is 0 Å². The molecule has 0 saturated carbocycles. The van der Waals surface area contributed by atoms with Crippen LogP contribution in [0.1, 0.15) is 11.1 Å². The molecule has 0 amide bonds. The first-order chi connectivity index (χ1) is 10.2. The number of fused-ring (bicyclic) bond motifs is 1. The number of hydrogen-bond donors (Lipinski definition) is 2. The van der Waals surface area contributed by atoms with Crippen LogP contribution in [0.3, 0.4) is 0 Å². The molecule has 0 aliphatic rings. The highest BCUT2D eigenvalue weighted by atomic mass is 14.9. The average molecular weight is 277 g/mol. The fraction of sp³-hybridized carbons (Fsp3) is 0.167. The average Bonchev–Trinajstić information content (AvgIpc) is 2.50. The third kappa shape index (κ3) is 2.97. The molecule has 0 saturated heterocycles. The van der Waals surface area contributed by atoms with Gasteiger partial charge in [-0.3, -0.25) is 4.98 Å². The largest absolute Gasteiger partial charge is 0.397 e. The minimum atomic E-state index is 0.797. The lowest BCUT2D eigenvalue weighted by molar-refractivity contribution is 1.03. The Morgan fingerprint density at radius 2 is 1.95 bits per heavy atom. The lowest BCUT2D eigenvalue weighted by Crippen LogP contribution is -2.07. The molecular formula is C18H19N3. The number of anilines is 2. The summed E-state index contributed by atoms with van der Waals surface area (Å²) in [6, 6.07) is 16.5. The van der Waals surface area contributed by atoms with E-state index in [1.54, 1.807) is 0 Å². The Hall–Kier alpha value is -2.55. The molecule has 106 valence electrons. The van der Waals surface area contributed by atoms with Crippen LogP contribution in [0.25, 0.3) is 10.9 Å². The number of nitrogens with one attached hydrogen (secondary N) is 1. The van der Waals surface area contributed by atoms with Crippen molar-refractivity contribution in [1.82, 2.24) is 4.98 Å². The molecule has 3 heteroatoms. The minimum Gasteiger partial charge on any atom is -0.397 e. The molecule has 0 aliphatic heterocycles. The second kappa shape index (κ2) is 5.83. The topological polar surface area (TPSA) is 50.9 Å². The summed E-state index contributed by atoms with van der Waals surface area (Å²) in [5.41, 5.74) is 11.3. The molecule has 3 nitrogen and oxygen atoms in total. The van der Waals surface area contributed by atoms with Gasteiger partial charge in [0.15, 0.2) is 0 Å². The predicted molar refractivity (Wildman–Crippen MR) is 89.5 cm³/mol. The van der Waals surface area contributed by atoms with Crippen LogP contribution in [0.2, 0.25) is 0 Å². The molecular weight excluding hydrogens is 258 g/mol. The number of nitrogens with two attached hydrogens (primary N) is 1. The fourth-order valence-corrected chi connectivity index (χ4v) is 2.54. The lowest BCUT2D eigenvalue weighted by atomic mass is 10.1. The van der Waals surface area contributed by atoms with Gasteiger partial charge in [-0.2, -0.15) is 0 Å². The van der Waals surface area contributed by atoms with Crippen molar-refractivity contribution < 1.29 is 0 Å². The van der Waals surface area contributed by atoms with E-state index < -0.39 is 0 Å². The smallest absolute Gasteiger partial charge is 0.0734 e. The molecule has 3 aromatic rings. The lowest BCUT2D eigenvalue weighted by Gasteiger charge is -2.11. The third-order valence-electron chi connectivity index (χ3n) is 3.63. The van der Waals surface area contributed by atoms with Crippen LogP contribution in [0.4, 0.5) is 11.4 Å². The van der Waals surface area contributed by atoms with Crippen LogP contribution in [0, 0.1) is 6.92 Å². The van der Waals surface area contributed by atoms with Crippen LogP contribution in [0.15, 0.2) is 54.7 Å². The summed E-state index contributed by atoms with van der Waals surface area (Å²) in [4.78, 5) is 4.48.